The topological polar surface area (TPSA) is 48.0 Å². The summed E-state index contributed by atoms with van der Waals surface area (Å²) in [6, 6.07) is 7.87. The molecule has 72 valence electrons. The van der Waals surface area contributed by atoms with Crippen LogP contribution in [0, 0.1) is 3.57 Å². The average Bonchev–Trinajstić information content (AvgIpc) is 2.41. The molecule has 0 fully saturated rings. The van der Waals surface area contributed by atoms with Gasteiger partial charge in [0.05, 0.1) is 3.57 Å². The van der Waals surface area contributed by atoms with Crippen molar-refractivity contribution >= 4 is 39.4 Å². The number of carbonyl (C=O) groups excluding carboxylic acids is 1. The zero-order valence-electron chi connectivity index (χ0n) is 7.62. The fourth-order valence-corrected chi connectivity index (χ4v) is 2.70. The Labute approximate surface area is 95.0 Å². The number of nitrogens with zero attached hydrogens (tertiary/aromatic N) is 1. The minimum Gasteiger partial charge on any atom is -0.364 e. The van der Waals surface area contributed by atoms with E-state index in [0.717, 1.165) is 14.5 Å². The number of nitrogens with two attached hydrogens (primary N) is 1. The predicted octanol–water partition coefficient (Wildman–Crippen LogP) is 1.88. The zero-order chi connectivity index (χ0) is 10.3. The second-order valence-electron chi connectivity index (χ2n) is 3.10. The molecule has 4 heteroatoms. The van der Waals surface area contributed by atoms with Crippen LogP contribution in [0.5, 0.6) is 0 Å². The molecule has 0 aliphatic carbocycles. The molecule has 0 bridgehead atoms. The number of aryl methyl sites for hydroxylation is 1. The van der Waals surface area contributed by atoms with Crippen molar-refractivity contribution in [1.29, 1.82) is 0 Å². The van der Waals surface area contributed by atoms with Gasteiger partial charge in [-0.1, -0.05) is 18.2 Å². The minimum absolute atomic E-state index is 0.381. The van der Waals surface area contributed by atoms with E-state index in [2.05, 4.69) is 22.6 Å². The zero-order valence-corrected chi connectivity index (χ0v) is 9.78. The van der Waals surface area contributed by atoms with Gasteiger partial charge in [-0.3, -0.25) is 4.79 Å². The van der Waals surface area contributed by atoms with Gasteiger partial charge in [0.25, 0.3) is 5.91 Å². The molecule has 3 nitrogen and oxygen atoms in total. The number of benzene rings is 1. The Morgan fingerprint density at radius 2 is 2.07 bits per heavy atom. The number of halogens is 1. The fourth-order valence-electron chi connectivity index (χ4n) is 1.62. The number of rotatable bonds is 1. The molecule has 0 radical (unpaired) electrons. The lowest BCUT2D eigenvalue weighted by molar-refractivity contribution is 0.0992. The number of hydrogen-bond donors (Lipinski definition) is 1. The lowest BCUT2D eigenvalue weighted by atomic mass is 10.2. The Balaban J connectivity index is 2.92. The molecule has 1 amide bonds. The third-order valence-electron chi connectivity index (χ3n) is 2.28. The summed E-state index contributed by atoms with van der Waals surface area (Å²) in [5.41, 5.74) is 6.92. The van der Waals surface area contributed by atoms with Crippen LogP contribution < -0.4 is 5.73 Å². The first-order valence-electron chi connectivity index (χ1n) is 4.15. The molecule has 0 atom stereocenters. The van der Waals surface area contributed by atoms with E-state index < -0.39 is 0 Å². The highest BCUT2D eigenvalue weighted by Crippen LogP contribution is 2.26. The van der Waals surface area contributed by atoms with Crippen molar-refractivity contribution in [3.8, 4) is 0 Å². The number of fused-ring (bicyclic) bond motifs is 1. The second-order valence-corrected chi connectivity index (χ2v) is 4.18. The molecular formula is C10H9IN2O. The van der Waals surface area contributed by atoms with Gasteiger partial charge in [0.1, 0.15) is 5.69 Å². The summed E-state index contributed by atoms with van der Waals surface area (Å²) >= 11 is 2.15. The summed E-state index contributed by atoms with van der Waals surface area (Å²) in [5.74, 6) is -0.381. The number of amides is 1. The third kappa shape index (κ3) is 1.21. The molecule has 0 aliphatic heterocycles. The van der Waals surface area contributed by atoms with Crippen molar-refractivity contribution in [3.63, 3.8) is 0 Å². The Kier molecular flexibility index (Phi) is 2.22. The van der Waals surface area contributed by atoms with Crippen LogP contribution in [0.25, 0.3) is 10.9 Å². The van der Waals surface area contributed by atoms with Crippen molar-refractivity contribution in [2.24, 2.45) is 12.8 Å². The summed E-state index contributed by atoms with van der Waals surface area (Å²) in [6.45, 7) is 0. The Morgan fingerprint density at radius 1 is 1.43 bits per heavy atom. The molecule has 14 heavy (non-hydrogen) atoms. The van der Waals surface area contributed by atoms with E-state index in [-0.39, 0.29) is 5.91 Å². The highest BCUT2D eigenvalue weighted by molar-refractivity contribution is 14.1. The maximum atomic E-state index is 11.2. The van der Waals surface area contributed by atoms with Gasteiger partial charge in [0, 0.05) is 18.0 Å². The van der Waals surface area contributed by atoms with Gasteiger partial charge in [-0.05, 0) is 28.7 Å². The van der Waals surface area contributed by atoms with E-state index >= 15 is 0 Å². The smallest absolute Gasteiger partial charge is 0.266 e. The van der Waals surface area contributed by atoms with Gasteiger partial charge >= 0.3 is 0 Å². The normalized spacial score (nSPS) is 10.7. The summed E-state index contributed by atoms with van der Waals surface area (Å²) < 4.78 is 2.76. The highest BCUT2D eigenvalue weighted by atomic mass is 127. The second kappa shape index (κ2) is 3.27. The van der Waals surface area contributed by atoms with Crippen molar-refractivity contribution in [2.75, 3.05) is 0 Å². The van der Waals surface area contributed by atoms with Crippen LogP contribution in [-0.4, -0.2) is 10.5 Å². The van der Waals surface area contributed by atoms with Crippen molar-refractivity contribution in [1.82, 2.24) is 4.57 Å². The van der Waals surface area contributed by atoms with Gasteiger partial charge < -0.3 is 10.3 Å². The molecule has 1 aromatic carbocycles. The molecule has 0 saturated heterocycles. The first-order chi connectivity index (χ1) is 6.63. The average molecular weight is 300 g/mol. The quantitative estimate of drug-likeness (QED) is 0.803. The number of primary amides is 1. The SMILES string of the molecule is Cn1c(C(N)=O)c(I)c2ccccc21. The lowest BCUT2D eigenvalue weighted by Gasteiger charge is -1.98. The summed E-state index contributed by atoms with van der Waals surface area (Å²) in [4.78, 5) is 11.2. The number of para-hydroxylation sites is 1. The molecule has 2 aromatic rings. The van der Waals surface area contributed by atoms with Crippen molar-refractivity contribution < 1.29 is 4.79 Å². The summed E-state index contributed by atoms with van der Waals surface area (Å²) in [6.07, 6.45) is 0. The van der Waals surface area contributed by atoms with Gasteiger partial charge in [-0.25, -0.2) is 0 Å². The third-order valence-corrected chi connectivity index (χ3v) is 3.37. The Hall–Kier alpha value is -1.04. The van der Waals surface area contributed by atoms with E-state index in [9.17, 15) is 4.79 Å². The monoisotopic (exact) mass is 300 g/mol. The van der Waals surface area contributed by atoms with E-state index in [1.54, 1.807) is 0 Å². The summed E-state index contributed by atoms with van der Waals surface area (Å²) in [7, 11) is 1.85. The molecule has 2 rings (SSSR count). The molecule has 0 spiro atoms. The van der Waals surface area contributed by atoms with Crippen LogP contribution >= 0.6 is 22.6 Å². The number of hydrogen-bond acceptors (Lipinski definition) is 1. The van der Waals surface area contributed by atoms with Crippen LogP contribution in [0.15, 0.2) is 24.3 Å². The molecule has 0 unspecified atom stereocenters. The highest BCUT2D eigenvalue weighted by Gasteiger charge is 2.15. The molecule has 0 aliphatic rings. The number of aromatic nitrogens is 1. The van der Waals surface area contributed by atoms with Crippen LogP contribution in [0.1, 0.15) is 10.5 Å². The fraction of sp³-hybridized carbons (Fsp3) is 0.100. The van der Waals surface area contributed by atoms with Crippen LogP contribution in [-0.2, 0) is 7.05 Å². The molecular weight excluding hydrogens is 291 g/mol. The predicted molar refractivity (Wildman–Crippen MR) is 64.2 cm³/mol. The maximum Gasteiger partial charge on any atom is 0.266 e. The van der Waals surface area contributed by atoms with E-state index in [1.165, 1.54) is 0 Å². The summed E-state index contributed by atoms with van der Waals surface area (Å²) in [5, 5.41) is 1.07. The van der Waals surface area contributed by atoms with E-state index in [4.69, 9.17) is 5.73 Å². The molecule has 1 aromatic heterocycles. The van der Waals surface area contributed by atoms with Crippen LogP contribution in [0.2, 0.25) is 0 Å². The van der Waals surface area contributed by atoms with Crippen molar-refractivity contribution in [2.45, 2.75) is 0 Å². The van der Waals surface area contributed by atoms with Gasteiger partial charge in [0.15, 0.2) is 0 Å². The molecule has 1 heterocycles. The first kappa shape index (κ1) is 9.51. The Bertz CT molecular complexity index is 477. The first-order valence-corrected chi connectivity index (χ1v) is 5.23. The van der Waals surface area contributed by atoms with Gasteiger partial charge in [-0.15, -0.1) is 0 Å². The molecule has 0 saturated carbocycles. The number of carbonyl (C=O) groups is 1. The van der Waals surface area contributed by atoms with Crippen molar-refractivity contribution in [3.05, 3.63) is 33.5 Å². The van der Waals surface area contributed by atoms with Crippen LogP contribution in [0.4, 0.5) is 0 Å². The van der Waals surface area contributed by atoms with Gasteiger partial charge in [0.2, 0.25) is 0 Å². The largest absolute Gasteiger partial charge is 0.364 e. The maximum absolute atomic E-state index is 11.2. The van der Waals surface area contributed by atoms with Crippen LogP contribution in [0.3, 0.4) is 0 Å². The molecule has 2 N–H and O–H groups in total. The standard InChI is InChI=1S/C10H9IN2O/c1-13-7-5-3-2-4-6(7)8(11)9(13)10(12)14/h2-5H,1H3,(H2,12,14). The van der Waals surface area contributed by atoms with E-state index in [0.29, 0.717) is 5.69 Å². The lowest BCUT2D eigenvalue weighted by Crippen LogP contribution is -2.16. The van der Waals surface area contributed by atoms with Gasteiger partial charge in [-0.2, -0.15) is 0 Å². The minimum atomic E-state index is -0.381. The van der Waals surface area contributed by atoms with E-state index in [1.807, 2.05) is 35.9 Å². The Morgan fingerprint density at radius 3 is 2.64 bits per heavy atom.